The number of amides is 2. The number of carbonyl (C=O) groups excluding carboxylic acids is 2. The van der Waals surface area contributed by atoms with Gasteiger partial charge in [0.15, 0.2) is 17.6 Å². The molecule has 2 heterocycles. The topological polar surface area (TPSA) is 77.5 Å². The van der Waals surface area contributed by atoms with Gasteiger partial charge < -0.3 is 14.2 Å². The maximum Gasteiger partial charge on any atom is 0.266 e. The highest BCUT2D eigenvalue weighted by Crippen LogP contribution is 2.52. The summed E-state index contributed by atoms with van der Waals surface area (Å²) in [7, 11) is 4.47. The number of methoxy groups -OCH3 is 3. The molecule has 0 spiro atoms. The number of hydrogen-bond donors (Lipinski definition) is 0. The van der Waals surface area contributed by atoms with Gasteiger partial charge in [-0.3, -0.25) is 14.4 Å². The van der Waals surface area contributed by atoms with Crippen molar-refractivity contribution in [1.29, 1.82) is 0 Å². The standard InChI is InChI=1S/C26H23FN2O6/c1-32-19-14-13-16(22(33-2)23(19)34-3)21-20-24(35-29(21)15-9-5-4-6-10-15)26(31)28(25(20)30)18-12-8-7-11-17(18)27/h4-14,20-21,24H,1-3H3/t20-,21-,24-/m0/s1. The SMILES string of the molecule is COc1ccc([C@H]2[C@@H]3C(=O)N(c4ccccc4F)C(=O)[C@H]3ON2c2ccccc2)c(OC)c1OC. The number of ether oxygens (including phenoxy) is 3. The van der Waals surface area contributed by atoms with Gasteiger partial charge in [-0.15, -0.1) is 0 Å². The Morgan fingerprint density at radius 2 is 1.49 bits per heavy atom. The summed E-state index contributed by atoms with van der Waals surface area (Å²) in [5.74, 6) is -1.71. The van der Waals surface area contributed by atoms with Crippen molar-refractivity contribution in [3.05, 3.63) is 78.1 Å². The molecule has 35 heavy (non-hydrogen) atoms. The number of anilines is 2. The van der Waals surface area contributed by atoms with Crippen molar-refractivity contribution < 1.29 is 33.0 Å². The van der Waals surface area contributed by atoms with E-state index in [9.17, 15) is 14.0 Å². The van der Waals surface area contributed by atoms with Crippen LogP contribution in [0.4, 0.5) is 15.8 Å². The third-order valence-corrected chi connectivity index (χ3v) is 6.27. The average Bonchev–Trinajstić information content (AvgIpc) is 3.39. The molecule has 0 aliphatic carbocycles. The number of benzene rings is 3. The van der Waals surface area contributed by atoms with E-state index in [0.29, 0.717) is 28.5 Å². The zero-order valence-corrected chi connectivity index (χ0v) is 19.3. The third kappa shape index (κ3) is 3.47. The van der Waals surface area contributed by atoms with Crippen LogP contribution < -0.4 is 24.2 Å². The molecular weight excluding hydrogens is 455 g/mol. The first-order valence-corrected chi connectivity index (χ1v) is 10.9. The summed E-state index contributed by atoms with van der Waals surface area (Å²) in [6, 6.07) is 17.5. The van der Waals surface area contributed by atoms with E-state index in [-0.39, 0.29) is 5.69 Å². The molecule has 0 N–H and O–H groups in total. The average molecular weight is 478 g/mol. The highest BCUT2D eigenvalue weighted by atomic mass is 19.1. The molecule has 2 aliphatic rings. The lowest BCUT2D eigenvalue weighted by Gasteiger charge is -2.30. The third-order valence-electron chi connectivity index (χ3n) is 6.27. The Labute approximate surface area is 201 Å². The number of rotatable bonds is 6. The molecule has 2 aliphatic heterocycles. The first kappa shape index (κ1) is 22.7. The largest absolute Gasteiger partial charge is 0.493 e. The number of halogens is 1. The summed E-state index contributed by atoms with van der Waals surface area (Å²) in [5.41, 5.74) is 1.09. The van der Waals surface area contributed by atoms with E-state index in [1.807, 2.05) is 30.3 Å². The lowest BCUT2D eigenvalue weighted by molar-refractivity contribution is -0.126. The molecule has 3 atom stereocenters. The van der Waals surface area contributed by atoms with Gasteiger partial charge in [0.05, 0.1) is 32.7 Å². The maximum atomic E-state index is 14.6. The number of hydrogen-bond acceptors (Lipinski definition) is 7. The highest BCUT2D eigenvalue weighted by Gasteiger charge is 2.61. The second-order valence-corrected chi connectivity index (χ2v) is 8.04. The predicted octanol–water partition coefficient (Wildman–Crippen LogP) is 3.90. The monoisotopic (exact) mass is 478 g/mol. The minimum atomic E-state index is -1.15. The van der Waals surface area contributed by atoms with Crippen molar-refractivity contribution in [3.63, 3.8) is 0 Å². The summed E-state index contributed by atoms with van der Waals surface area (Å²) in [6.07, 6.45) is -1.15. The van der Waals surface area contributed by atoms with Gasteiger partial charge in [-0.05, 0) is 36.4 Å². The van der Waals surface area contributed by atoms with Crippen LogP contribution in [0.3, 0.4) is 0 Å². The number of fused-ring (bicyclic) bond motifs is 1. The predicted molar refractivity (Wildman–Crippen MR) is 125 cm³/mol. The Morgan fingerprint density at radius 3 is 2.14 bits per heavy atom. The molecule has 2 amide bonds. The Bertz CT molecular complexity index is 1280. The fourth-order valence-electron chi connectivity index (χ4n) is 4.76. The van der Waals surface area contributed by atoms with Crippen LogP contribution in [0.1, 0.15) is 11.6 Å². The van der Waals surface area contributed by atoms with Gasteiger partial charge in [-0.25, -0.2) is 14.4 Å². The van der Waals surface area contributed by atoms with E-state index in [1.54, 1.807) is 18.2 Å². The van der Waals surface area contributed by atoms with Crippen LogP contribution in [0.15, 0.2) is 66.7 Å². The van der Waals surface area contributed by atoms with Gasteiger partial charge in [0, 0.05) is 5.56 Å². The van der Waals surface area contributed by atoms with Crippen molar-refractivity contribution in [1.82, 2.24) is 0 Å². The van der Waals surface area contributed by atoms with Crippen LogP contribution >= 0.6 is 0 Å². The molecule has 0 radical (unpaired) electrons. The van der Waals surface area contributed by atoms with E-state index in [4.69, 9.17) is 19.0 Å². The van der Waals surface area contributed by atoms with Crippen LogP contribution in [-0.2, 0) is 14.4 Å². The zero-order valence-electron chi connectivity index (χ0n) is 19.3. The molecule has 180 valence electrons. The van der Waals surface area contributed by atoms with Gasteiger partial charge in [0.1, 0.15) is 17.8 Å². The Hall–Kier alpha value is -4.11. The van der Waals surface area contributed by atoms with Crippen LogP contribution in [-0.4, -0.2) is 39.2 Å². The normalized spacial score (nSPS) is 21.3. The van der Waals surface area contributed by atoms with E-state index >= 15 is 0 Å². The van der Waals surface area contributed by atoms with Crippen LogP contribution in [0.5, 0.6) is 17.2 Å². The Morgan fingerprint density at radius 1 is 0.800 bits per heavy atom. The number of imide groups is 1. The molecule has 0 saturated carbocycles. The van der Waals surface area contributed by atoms with Crippen molar-refractivity contribution in [3.8, 4) is 17.2 Å². The molecule has 2 fully saturated rings. The Balaban J connectivity index is 1.67. The van der Waals surface area contributed by atoms with Gasteiger partial charge >= 0.3 is 0 Å². The zero-order chi connectivity index (χ0) is 24.7. The number of carbonyl (C=O) groups is 2. The van der Waals surface area contributed by atoms with Crippen LogP contribution in [0.2, 0.25) is 0 Å². The second kappa shape index (κ2) is 8.92. The van der Waals surface area contributed by atoms with Crippen LogP contribution in [0, 0.1) is 11.7 Å². The lowest BCUT2D eigenvalue weighted by Crippen LogP contribution is -2.38. The molecular formula is C26H23FN2O6. The number of hydroxylamine groups is 1. The minimum absolute atomic E-state index is 0.107. The highest BCUT2D eigenvalue weighted by molar-refractivity contribution is 6.24. The van der Waals surface area contributed by atoms with Crippen molar-refractivity contribution >= 4 is 23.2 Å². The Kier molecular flexibility index (Phi) is 5.78. The molecule has 2 saturated heterocycles. The maximum absolute atomic E-state index is 14.6. The molecule has 0 aromatic heterocycles. The fraction of sp³-hybridized carbons (Fsp3) is 0.231. The molecule has 0 bridgehead atoms. The van der Waals surface area contributed by atoms with Crippen LogP contribution in [0.25, 0.3) is 0 Å². The quantitative estimate of drug-likeness (QED) is 0.498. The van der Waals surface area contributed by atoms with E-state index in [0.717, 1.165) is 4.90 Å². The summed E-state index contributed by atoms with van der Waals surface area (Å²) in [5, 5.41) is 1.54. The van der Waals surface area contributed by atoms with Gasteiger partial charge in [0.25, 0.3) is 5.91 Å². The second-order valence-electron chi connectivity index (χ2n) is 8.04. The minimum Gasteiger partial charge on any atom is -0.493 e. The smallest absolute Gasteiger partial charge is 0.266 e. The fourth-order valence-corrected chi connectivity index (χ4v) is 4.76. The number of para-hydroxylation sites is 2. The van der Waals surface area contributed by atoms with Crippen molar-refractivity contribution in [2.75, 3.05) is 31.3 Å². The molecule has 0 unspecified atom stereocenters. The molecule has 9 heteroatoms. The molecule has 5 rings (SSSR count). The summed E-state index contributed by atoms with van der Waals surface area (Å²) >= 11 is 0. The van der Waals surface area contributed by atoms with E-state index in [1.165, 1.54) is 44.6 Å². The van der Waals surface area contributed by atoms with Crippen molar-refractivity contribution in [2.24, 2.45) is 5.92 Å². The summed E-state index contributed by atoms with van der Waals surface area (Å²) in [4.78, 5) is 34.1. The first-order chi connectivity index (χ1) is 17.0. The van der Waals surface area contributed by atoms with Gasteiger partial charge in [-0.1, -0.05) is 30.3 Å². The van der Waals surface area contributed by atoms with Gasteiger partial charge in [0.2, 0.25) is 11.7 Å². The molecule has 3 aromatic rings. The van der Waals surface area contributed by atoms with E-state index < -0.39 is 35.7 Å². The first-order valence-electron chi connectivity index (χ1n) is 10.9. The van der Waals surface area contributed by atoms with Gasteiger partial charge in [-0.2, -0.15) is 0 Å². The molecule has 8 nitrogen and oxygen atoms in total. The van der Waals surface area contributed by atoms with E-state index in [2.05, 4.69) is 0 Å². The van der Waals surface area contributed by atoms with Crippen molar-refractivity contribution in [2.45, 2.75) is 12.1 Å². The summed E-state index contributed by atoms with van der Waals surface area (Å²) < 4.78 is 31.2. The lowest BCUT2D eigenvalue weighted by atomic mass is 9.89. The molecule has 3 aromatic carbocycles. The number of nitrogens with zero attached hydrogens (tertiary/aromatic N) is 2. The summed E-state index contributed by atoms with van der Waals surface area (Å²) in [6.45, 7) is 0.